The molecule has 0 spiro atoms. The van der Waals surface area contributed by atoms with Crippen LogP contribution in [-0.4, -0.2) is 31.7 Å². The van der Waals surface area contributed by atoms with E-state index < -0.39 is 0 Å². The molecule has 6 nitrogen and oxygen atoms in total. The number of fused-ring (bicyclic) bond motifs is 1. The van der Waals surface area contributed by atoms with Gasteiger partial charge in [-0.05, 0) is 42.7 Å². The molecular formula is C21H18N4O2. The van der Waals surface area contributed by atoms with E-state index in [-0.39, 0.29) is 11.9 Å². The molecule has 27 heavy (non-hydrogen) atoms. The van der Waals surface area contributed by atoms with Crippen LogP contribution in [0.15, 0.2) is 72.0 Å². The number of hydrogen-bond donors (Lipinski definition) is 0. The summed E-state index contributed by atoms with van der Waals surface area (Å²) in [7, 11) is 0. The van der Waals surface area contributed by atoms with E-state index in [1.54, 1.807) is 18.3 Å². The number of likely N-dealkylation sites (tertiary alicyclic amines) is 1. The average molecular weight is 358 g/mol. The van der Waals surface area contributed by atoms with Crippen LogP contribution in [0.4, 0.5) is 0 Å². The summed E-state index contributed by atoms with van der Waals surface area (Å²) in [4.78, 5) is 23.5. The van der Waals surface area contributed by atoms with Gasteiger partial charge >= 0.3 is 0 Å². The topological polar surface area (TPSA) is 63.6 Å². The smallest absolute Gasteiger partial charge is 0.290 e. The second kappa shape index (κ2) is 6.39. The van der Waals surface area contributed by atoms with Gasteiger partial charge in [0.05, 0.1) is 29.8 Å². The molecular weight excluding hydrogens is 340 g/mol. The Morgan fingerprint density at radius 1 is 1.15 bits per heavy atom. The third kappa shape index (κ3) is 2.70. The van der Waals surface area contributed by atoms with Gasteiger partial charge in [0.25, 0.3) is 5.91 Å². The fourth-order valence-electron chi connectivity index (χ4n) is 3.82. The lowest BCUT2D eigenvalue weighted by molar-refractivity contribution is 0.0702. The van der Waals surface area contributed by atoms with Crippen LogP contribution in [0.1, 0.15) is 35.1 Å². The Labute approximate surface area is 156 Å². The fraction of sp³-hybridized carbons (Fsp3) is 0.190. The Kier molecular flexibility index (Phi) is 3.74. The largest absolute Gasteiger partial charge is 0.459 e. The van der Waals surface area contributed by atoms with Crippen molar-refractivity contribution >= 4 is 11.4 Å². The second-order valence-corrected chi connectivity index (χ2v) is 6.72. The number of imidazole rings is 1. The van der Waals surface area contributed by atoms with Crippen LogP contribution in [0, 0.1) is 0 Å². The van der Waals surface area contributed by atoms with Gasteiger partial charge in [-0.1, -0.05) is 12.1 Å². The number of rotatable bonds is 3. The SMILES string of the molecule is O=C(c1ccco1)N1CCCC1c1ncn2cc(-c3cccnc3)ccc12. The molecule has 5 rings (SSSR count). The quantitative estimate of drug-likeness (QED) is 0.556. The van der Waals surface area contributed by atoms with Crippen LogP contribution in [0.25, 0.3) is 16.6 Å². The second-order valence-electron chi connectivity index (χ2n) is 6.72. The first kappa shape index (κ1) is 15.8. The zero-order valence-corrected chi connectivity index (χ0v) is 14.7. The van der Waals surface area contributed by atoms with Crippen molar-refractivity contribution in [2.45, 2.75) is 18.9 Å². The zero-order valence-electron chi connectivity index (χ0n) is 14.7. The van der Waals surface area contributed by atoms with Gasteiger partial charge in [-0.25, -0.2) is 4.98 Å². The minimum Gasteiger partial charge on any atom is -0.459 e. The third-order valence-electron chi connectivity index (χ3n) is 5.12. The molecule has 0 radical (unpaired) electrons. The van der Waals surface area contributed by atoms with Crippen molar-refractivity contribution in [3.63, 3.8) is 0 Å². The molecule has 0 N–H and O–H groups in total. The summed E-state index contributed by atoms with van der Waals surface area (Å²) < 4.78 is 7.32. The summed E-state index contributed by atoms with van der Waals surface area (Å²) >= 11 is 0. The van der Waals surface area contributed by atoms with Crippen molar-refractivity contribution in [1.29, 1.82) is 0 Å². The molecule has 6 heteroatoms. The number of furan rings is 1. The molecule has 4 aromatic rings. The summed E-state index contributed by atoms with van der Waals surface area (Å²) in [5.41, 5.74) is 4.09. The number of amides is 1. The van der Waals surface area contributed by atoms with Crippen molar-refractivity contribution in [3.8, 4) is 11.1 Å². The molecule has 1 aliphatic rings. The number of pyridine rings is 2. The standard InChI is InChI=1S/C21H18N4O2/c26-21(19-6-3-11-27-19)25-10-2-5-18(25)20-17-8-7-16(13-24(17)14-23-20)15-4-1-9-22-12-15/h1,3-4,6-9,11-14,18H,2,5,10H2. The van der Waals surface area contributed by atoms with E-state index in [0.717, 1.165) is 41.7 Å². The van der Waals surface area contributed by atoms with E-state index in [4.69, 9.17) is 4.42 Å². The molecule has 0 aliphatic carbocycles. The van der Waals surface area contributed by atoms with Gasteiger partial charge in [0.1, 0.15) is 0 Å². The maximum Gasteiger partial charge on any atom is 0.290 e. The summed E-state index contributed by atoms with van der Waals surface area (Å²) in [5.74, 6) is 0.305. The van der Waals surface area contributed by atoms with Crippen LogP contribution in [0.3, 0.4) is 0 Å². The van der Waals surface area contributed by atoms with Crippen molar-refractivity contribution in [1.82, 2.24) is 19.3 Å². The van der Waals surface area contributed by atoms with E-state index in [9.17, 15) is 4.79 Å². The lowest BCUT2D eigenvalue weighted by Crippen LogP contribution is -2.30. The highest BCUT2D eigenvalue weighted by Gasteiger charge is 2.34. The van der Waals surface area contributed by atoms with Gasteiger partial charge < -0.3 is 13.7 Å². The molecule has 1 fully saturated rings. The number of aromatic nitrogens is 3. The molecule has 134 valence electrons. The Morgan fingerprint density at radius 3 is 2.93 bits per heavy atom. The highest BCUT2D eigenvalue weighted by Crippen LogP contribution is 2.35. The molecule has 1 unspecified atom stereocenters. The predicted molar refractivity (Wildman–Crippen MR) is 100 cm³/mol. The zero-order chi connectivity index (χ0) is 18.2. The average Bonchev–Trinajstić information content (AvgIpc) is 3.47. The monoisotopic (exact) mass is 358 g/mol. The lowest BCUT2D eigenvalue weighted by Gasteiger charge is -2.22. The Morgan fingerprint density at radius 2 is 2.11 bits per heavy atom. The Hall–Kier alpha value is -3.41. The molecule has 1 aliphatic heterocycles. The molecule has 0 saturated carbocycles. The van der Waals surface area contributed by atoms with E-state index in [1.165, 1.54) is 6.26 Å². The maximum atomic E-state index is 12.8. The summed E-state index contributed by atoms with van der Waals surface area (Å²) in [5, 5.41) is 0. The van der Waals surface area contributed by atoms with Gasteiger partial charge in [-0.3, -0.25) is 9.78 Å². The normalized spacial score (nSPS) is 16.9. The number of hydrogen-bond acceptors (Lipinski definition) is 4. The minimum atomic E-state index is -0.0735. The minimum absolute atomic E-state index is 0.0307. The Balaban J connectivity index is 1.50. The van der Waals surface area contributed by atoms with Crippen molar-refractivity contribution in [3.05, 3.63) is 79.0 Å². The number of carbonyl (C=O) groups is 1. The van der Waals surface area contributed by atoms with Gasteiger partial charge in [0.15, 0.2) is 5.76 Å². The summed E-state index contributed by atoms with van der Waals surface area (Å²) in [6.07, 6.45) is 10.9. The molecule has 1 atom stereocenters. The molecule has 1 saturated heterocycles. The Bertz CT molecular complexity index is 1090. The van der Waals surface area contributed by atoms with E-state index in [0.29, 0.717) is 5.76 Å². The summed E-state index contributed by atoms with van der Waals surface area (Å²) in [6, 6.07) is 11.5. The van der Waals surface area contributed by atoms with Gasteiger partial charge in [0.2, 0.25) is 0 Å². The fourth-order valence-corrected chi connectivity index (χ4v) is 3.82. The molecule has 5 heterocycles. The van der Waals surface area contributed by atoms with Crippen LogP contribution in [-0.2, 0) is 0 Å². The van der Waals surface area contributed by atoms with Crippen molar-refractivity contribution in [2.24, 2.45) is 0 Å². The van der Waals surface area contributed by atoms with E-state index in [2.05, 4.69) is 28.3 Å². The number of carbonyl (C=O) groups excluding carboxylic acids is 1. The maximum absolute atomic E-state index is 12.8. The number of nitrogens with zero attached hydrogens (tertiary/aromatic N) is 4. The van der Waals surface area contributed by atoms with Crippen LogP contribution < -0.4 is 0 Å². The molecule has 1 amide bonds. The van der Waals surface area contributed by atoms with E-state index >= 15 is 0 Å². The summed E-state index contributed by atoms with van der Waals surface area (Å²) in [6.45, 7) is 0.719. The molecule has 0 bridgehead atoms. The third-order valence-corrected chi connectivity index (χ3v) is 5.12. The van der Waals surface area contributed by atoms with Crippen LogP contribution in [0.5, 0.6) is 0 Å². The predicted octanol–water partition coefficient (Wildman–Crippen LogP) is 3.97. The highest BCUT2D eigenvalue weighted by atomic mass is 16.3. The van der Waals surface area contributed by atoms with Crippen LogP contribution >= 0.6 is 0 Å². The molecule has 0 aromatic carbocycles. The first-order valence-corrected chi connectivity index (χ1v) is 9.03. The first-order valence-electron chi connectivity index (χ1n) is 9.03. The van der Waals surface area contributed by atoms with Gasteiger partial charge in [-0.15, -0.1) is 0 Å². The van der Waals surface area contributed by atoms with Crippen LogP contribution in [0.2, 0.25) is 0 Å². The van der Waals surface area contributed by atoms with Gasteiger partial charge in [-0.2, -0.15) is 0 Å². The van der Waals surface area contributed by atoms with Crippen molar-refractivity contribution in [2.75, 3.05) is 6.54 Å². The lowest BCUT2D eigenvalue weighted by atomic mass is 10.1. The molecule has 4 aromatic heterocycles. The van der Waals surface area contributed by atoms with Gasteiger partial charge in [0, 0.05) is 30.7 Å². The first-order chi connectivity index (χ1) is 13.3. The van der Waals surface area contributed by atoms with E-state index in [1.807, 2.05) is 34.0 Å². The highest BCUT2D eigenvalue weighted by molar-refractivity contribution is 5.92. The van der Waals surface area contributed by atoms with Crippen molar-refractivity contribution < 1.29 is 9.21 Å².